The van der Waals surface area contributed by atoms with Crippen molar-refractivity contribution in [1.82, 2.24) is 4.98 Å². The molecule has 2 unspecified atom stereocenters. The minimum atomic E-state index is -4.32. The Balaban J connectivity index is 2.96. The van der Waals surface area contributed by atoms with E-state index >= 15 is 0 Å². The smallest absolute Gasteiger partial charge is 0.326 e. The van der Waals surface area contributed by atoms with Crippen LogP contribution in [0.1, 0.15) is 24.6 Å². The van der Waals surface area contributed by atoms with Crippen LogP contribution in [-0.4, -0.2) is 22.5 Å². The van der Waals surface area contributed by atoms with Gasteiger partial charge in [-0.05, 0) is 38.0 Å². The van der Waals surface area contributed by atoms with E-state index in [0.717, 1.165) is 5.56 Å². The van der Waals surface area contributed by atoms with Crippen LogP contribution < -0.4 is 5.73 Å². The molecule has 0 spiro atoms. The Kier molecular flexibility index (Phi) is 5.04. The second-order valence-electron chi connectivity index (χ2n) is 4.28. The minimum absolute atomic E-state index is 0.280. The summed E-state index contributed by atoms with van der Waals surface area (Å²) in [4.78, 5) is 4.11. The number of halogens is 3. The summed E-state index contributed by atoms with van der Waals surface area (Å²) < 4.78 is 38.7. The summed E-state index contributed by atoms with van der Waals surface area (Å²) in [6.45, 7) is 5.25. The molecule has 0 amide bonds. The second-order valence-corrected chi connectivity index (χ2v) is 5.44. The molecule has 1 rings (SSSR count). The van der Waals surface area contributed by atoms with Crippen LogP contribution in [0.2, 0.25) is 0 Å². The molecule has 0 radical (unpaired) electrons. The molecular formula is C12H17F3N2S. The molecule has 18 heavy (non-hydrogen) atoms. The lowest BCUT2D eigenvalue weighted by Gasteiger charge is -2.24. The van der Waals surface area contributed by atoms with E-state index < -0.39 is 17.5 Å². The molecule has 1 aromatic heterocycles. The van der Waals surface area contributed by atoms with Crippen LogP contribution in [0.4, 0.5) is 13.2 Å². The molecule has 0 aliphatic carbocycles. The van der Waals surface area contributed by atoms with Crippen LogP contribution in [0.15, 0.2) is 17.2 Å². The van der Waals surface area contributed by atoms with Gasteiger partial charge in [-0.25, -0.2) is 4.98 Å². The highest BCUT2D eigenvalue weighted by molar-refractivity contribution is 8.00. The van der Waals surface area contributed by atoms with E-state index in [1.807, 2.05) is 13.0 Å². The number of thioether (sulfide) groups is 1. The van der Waals surface area contributed by atoms with Crippen molar-refractivity contribution in [3.63, 3.8) is 0 Å². The average Bonchev–Trinajstić information content (AvgIpc) is 2.22. The molecule has 2 atom stereocenters. The first kappa shape index (κ1) is 15.3. The molecule has 0 aliphatic rings. The third-order valence-electron chi connectivity index (χ3n) is 2.50. The van der Waals surface area contributed by atoms with Crippen molar-refractivity contribution in [2.45, 2.75) is 49.7 Å². The van der Waals surface area contributed by atoms with E-state index in [4.69, 9.17) is 5.73 Å². The Morgan fingerprint density at radius 3 is 2.39 bits per heavy atom. The third kappa shape index (κ3) is 4.17. The summed E-state index contributed by atoms with van der Waals surface area (Å²) in [6, 6.07) is 2.56. The van der Waals surface area contributed by atoms with Crippen molar-refractivity contribution >= 4 is 11.8 Å². The van der Waals surface area contributed by atoms with E-state index in [0.29, 0.717) is 22.5 Å². The zero-order valence-corrected chi connectivity index (χ0v) is 11.4. The highest BCUT2D eigenvalue weighted by Crippen LogP contribution is 2.37. The Bertz CT molecular complexity index is 387. The molecule has 0 aromatic carbocycles. The van der Waals surface area contributed by atoms with E-state index in [1.54, 1.807) is 19.9 Å². The lowest BCUT2D eigenvalue weighted by molar-refractivity contribution is -0.132. The minimum Gasteiger partial charge on any atom is -0.326 e. The van der Waals surface area contributed by atoms with Crippen LogP contribution >= 0.6 is 11.8 Å². The van der Waals surface area contributed by atoms with Gasteiger partial charge in [-0.2, -0.15) is 13.2 Å². The average molecular weight is 278 g/mol. The van der Waals surface area contributed by atoms with Crippen LogP contribution in [-0.2, 0) is 0 Å². The summed E-state index contributed by atoms with van der Waals surface area (Å²) in [5.41, 5.74) is 7.17. The number of alkyl halides is 3. The lowest BCUT2D eigenvalue weighted by Crippen LogP contribution is -2.42. The monoisotopic (exact) mass is 278 g/mol. The number of nitrogens with two attached hydrogens (primary N) is 1. The highest BCUT2D eigenvalue weighted by atomic mass is 32.2. The van der Waals surface area contributed by atoms with Gasteiger partial charge in [-0.3, -0.25) is 0 Å². The molecule has 0 aliphatic heterocycles. The van der Waals surface area contributed by atoms with Gasteiger partial charge >= 0.3 is 6.18 Å². The Morgan fingerprint density at radius 1 is 1.33 bits per heavy atom. The standard InChI is InChI=1S/C12H17F3N2S/c1-4-9(16)11(12(13,14)15)18-10-6-7(2)5-8(3)17-10/h5-6,9,11H,4,16H2,1-3H3. The van der Waals surface area contributed by atoms with Crippen molar-refractivity contribution < 1.29 is 13.2 Å². The largest absolute Gasteiger partial charge is 0.402 e. The van der Waals surface area contributed by atoms with Gasteiger partial charge < -0.3 is 5.73 Å². The SMILES string of the molecule is CCC(N)C(Sc1cc(C)cc(C)n1)C(F)(F)F. The van der Waals surface area contributed by atoms with Crippen LogP contribution in [0.5, 0.6) is 0 Å². The lowest BCUT2D eigenvalue weighted by atomic mass is 10.1. The van der Waals surface area contributed by atoms with E-state index in [1.165, 1.54) is 0 Å². The van der Waals surface area contributed by atoms with Gasteiger partial charge in [0.15, 0.2) is 0 Å². The van der Waals surface area contributed by atoms with Crippen molar-refractivity contribution in [2.75, 3.05) is 0 Å². The van der Waals surface area contributed by atoms with Gasteiger partial charge in [0.25, 0.3) is 0 Å². The molecular weight excluding hydrogens is 261 g/mol. The predicted molar refractivity (Wildman–Crippen MR) is 67.7 cm³/mol. The highest BCUT2D eigenvalue weighted by Gasteiger charge is 2.43. The first-order valence-electron chi connectivity index (χ1n) is 5.68. The molecule has 0 saturated carbocycles. The van der Waals surface area contributed by atoms with Gasteiger partial charge in [0.2, 0.25) is 0 Å². The van der Waals surface area contributed by atoms with Crippen LogP contribution in [0.3, 0.4) is 0 Å². The number of nitrogens with zero attached hydrogens (tertiary/aromatic N) is 1. The first-order chi connectivity index (χ1) is 8.24. The fourth-order valence-corrected chi connectivity index (χ4v) is 2.82. The third-order valence-corrected chi connectivity index (χ3v) is 3.83. The zero-order valence-electron chi connectivity index (χ0n) is 10.6. The van der Waals surface area contributed by atoms with Gasteiger partial charge in [-0.1, -0.05) is 18.7 Å². The molecule has 2 N–H and O–H groups in total. The van der Waals surface area contributed by atoms with Crippen LogP contribution in [0.25, 0.3) is 0 Å². The molecule has 1 aromatic rings. The first-order valence-corrected chi connectivity index (χ1v) is 6.56. The number of pyridine rings is 1. The zero-order chi connectivity index (χ0) is 13.9. The van der Waals surface area contributed by atoms with E-state index in [9.17, 15) is 13.2 Å². The number of hydrogen-bond acceptors (Lipinski definition) is 3. The molecule has 6 heteroatoms. The van der Waals surface area contributed by atoms with Gasteiger partial charge in [-0.15, -0.1) is 0 Å². The van der Waals surface area contributed by atoms with Gasteiger partial charge in [0.1, 0.15) is 5.25 Å². The van der Waals surface area contributed by atoms with Gasteiger partial charge in [0.05, 0.1) is 5.03 Å². The maximum atomic E-state index is 12.9. The van der Waals surface area contributed by atoms with Crippen LogP contribution in [0, 0.1) is 13.8 Å². The Morgan fingerprint density at radius 2 is 1.94 bits per heavy atom. The number of aryl methyl sites for hydroxylation is 2. The summed E-state index contributed by atoms with van der Waals surface area (Å²) in [7, 11) is 0. The molecule has 0 saturated heterocycles. The molecule has 102 valence electrons. The van der Waals surface area contributed by atoms with Crippen molar-refractivity contribution in [1.29, 1.82) is 0 Å². The quantitative estimate of drug-likeness (QED) is 0.857. The fourth-order valence-electron chi connectivity index (χ4n) is 1.61. The Labute approximate surface area is 109 Å². The summed E-state index contributed by atoms with van der Waals surface area (Å²) in [6.07, 6.45) is -4.04. The normalized spacial score (nSPS) is 15.5. The maximum Gasteiger partial charge on any atom is 0.402 e. The summed E-state index contributed by atoms with van der Waals surface area (Å²) in [5, 5.41) is -1.24. The molecule has 0 fully saturated rings. The topological polar surface area (TPSA) is 38.9 Å². The van der Waals surface area contributed by atoms with E-state index in [2.05, 4.69) is 4.98 Å². The second kappa shape index (κ2) is 5.93. The molecule has 0 bridgehead atoms. The van der Waals surface area contributed by atoms with Crippen molar-refractivity contribution in [2.24, 2.45) is 5.73 Å². The van der Waals surface area contributed by atoms with Crippen molar-refractivity contribution in [3.8, 4) is 0 Å². The Hall–Kier alpha value is -0.750. The number of rotatable bonds is 4. The number of aromatic nitrogens is 1. The van der Waals surface area contributed by atoms with Gasteiger partial charge in [0, 0.05) is 11.7 Å². The summed E-state index contributed by atoms with van der Waals surface area (Å²) in [5.74, 6) is 0. The van der Waals surface area contributed by atoms with Crippen molar-refractivity contribution in [3.05, 3.63) is 23.4 Å². The molecule has 2 nitrogen and oxygen atoms in total. The predicted octanol–water partition coefficient (Wildman–Crippen LogP) is 3.46. The summed E-state index contributed by atoms with van der Waals surface area (Å²) >= 11 is 0.696. The fraction of sp³-hybridized carbons (Fsp3) is 0.583. The molecule has 1 heterocycles. The maximum absolute atomic E-state index is 12.9. The van der Waals surface area contributed by atoms with E-state index in [-0.39, 0.29) is 6.42 Å². The number of hydrogen-bond donors (Lipinski definition) is 1.